The molecule has 1 aliphatic heterocycles. The van der Waals surface area contributed by atoms with Crippen molar-refractivity contribution >= 4 is 16.5 Å². The van der Waals surface area contributed by atoms with Gasteiger partial charge in [0, 0.05) is 29.7 Å². The first-order valence-corrected chi connectivity index (χ1v) is 8.53. The zero-order valence-corrected chi connectivity index (χ0v) is 13.3. The lowest BCUT2D eigenvalue weighted by Crippen LogP contribution is -2.38. The van der Waals surface area contributed by atoms with Gasteiger partial charge in [-0.15, -0.1) is 11.3 Å². The first-order chi connectivity index (χ1) is 9.26. The summed E-state index contributed by atoms with van der Waals surface area (Å²) < 4.78 is 0. The molecular weight excluding hydrogens is 254 g/mol. The molecule has 0 radical (unpaired) electrons. The minimum absolute atomic E-state index is 0.427. The summed E-state index contributed by atoms with van der Waals surface area (Å²) in [5.74, 6) is 0. The average Bonchev–Trinajstić information content (AvgIpc) is 2.94. The number of hydrogen-bond donors (Lipinski definition) is 1. The number of nitrogens with one attached hydrogen (secondary N) is 1. The van der Waals surface area contributed by atoms with Crippen molar-refractivity contribution < 1.29 is 0 Å². The Morgan fingerprint density at radius 3 is 3.05 bits per heavy atom. The fourth-order valence-electron chi connectivity index (χ4n) is 2.75. The SMILES string of the molecule is CCCNC(C)c1cnc(N2CCCCC2CC)s1. The third kappa shape index (κ3) is 3.69. The van der Waals surface area contributed by atoms with Crippen molar-refractivity contribution in [3.63, 3.8) is 0 Å². The van der Waals surface area contributed by atoms with E-state index in [1.807, 2.05) is 11.3 Å². The van der Waals surface area contributed by atoms with Gasteiger partial charge in [-0.1, -0.05) is 13.8 Å². The molecule has 108 valence electrons. The Hall–Kier alpha value is -0.610. The molecule has 0 bridgehead atoms. The van der Waals surface area contributed by atoms with Crippen LogP contribution in [0.15, 0.2) is 6.20 Å². The Balaban J connectivity index is 2.02. The van der Waals surface area contributed by atoms with Crippen molar-refractivity contribution in [2.45, 2.75) is 65.0 Å². The number of thiazole rings is 1. The van der Waals surface area contributed by atoms with Crippen LogP contribution in [0.25, 0.3) is 0 Å². The predicted molar refractivity (Wildman–Crippen MR) is 84.1 cm³/mol. The van der Waals surface area contributed by atoms with Crippen molar-refractivity contribution in [3.8, 4) is 0 Å². The normalized spacial score (nSPS) is 21.6. The van der Waals surface area contributed by atoms with Crippen LogP contribution in [0.4, 0.5) is 5.13 Å². The highest BCUT2D eigenvalue weighted by atomic mass is 32.1. The highest BCUT2D eigenvalue weighted by Crippen LogP contribution is 2.32. The summed E-state index contributed by atoms with van der Waals surface area (Å²) >= 11 is 1.87. The third-order valence-corrected chi connectivity index (χ3v) is 5.20. The molecule has 1 aromatic heterocycles. The standard InChI is InChI=1S/C15H27N3S/c1-4-9-16-12(3)14-11-17-15(19-14)18-10-7-6-8-13(18)5-2/h11-13,16H,4-10H2,1-3H3. The Bertz CT molecular complexity index is 377. The molecule has 0 aliphatic carbocycles. The van der Waals surface area contributed by atoms with Crippen LogP contribution in [0.1, 0.15) is 63.8 Å². The summed E-state index contributed by atoms with van der Waals surface area (Å²) in [7, 11) is 0. The second-order valence-electron chi connectivity index (χ2n) is 5.47. The highest BCUT2D eigenvalue weighted by Gasteiger charge is 2.23. The Morgan fingerprint density at radius 2 is 2.32 bits per heavy atom. The van der Waals surface area contributed by atoms with Crippen molar-refractivity contribution in [2.75, 3.05) is 18.0 Å². The second kappa shape index (κ2) is 7.25. The van der Waals surface area contributed by atoms with Gasteiger partial charge in [0.05, 0.1) is 0 Å². The van der Waals surface area contributed by atoms with E-state index in [2.05, 4.69) is 42.2 Å². The summed E-state index contributed by atoms with van der Waals surface area (Å²) in [4.78, 5) is 8.57. The van der Waals surface area contributed by atoms with Crippen LogP contribution in [0.2, 0.25) is 0 Å². The van der Waals surface area contributed by atoms with Gasteiger partial charge in [0.2, 0.25) is 0 Å². The minimum Gasteiger partial charge on any atom is -0.345 e. The first-order valence-electron chi connectivity index (χ1n) is 7.72. The molecule has 2 heterocycles. The zero-order chi connectivity index (χ0) is 13.7. The number of nitrogens with zero attached hydrogens (tertiary/aromatic N) is 2. The van der Waals surface area contributed by atoms with E-state index in [0.29, 0.717) is 12.1 Å². The molecule has 2 atom stereocenters. The smallest absolute Gasteiger partial charge is 0.185 e. The molecular formula is C15H27N3S. The maximum atomic E-state index is 4.67. The van der Waals surface area contributed by atoms with Gasteiger partial charge in [-0.2, -0.15) is 0 Å². The van der Waals surface area contributed by atoms with Crippen LogP contribution in [0.5, 0.6) is 0 Å². The van der Waals surface area contributed by atoms with Crippen LogP contribution in [-0.2, 0) is 0 Å². The lowest BCUT2D eigenvalue weighted by Gasteiger charge is -2.35. The van der Waals surface area contributed by atoms with Gasteiger partial charge in [-0.05, 0) is 45.6 Å². The molecule has 1 aromatic rings. The first kappa shape index (κ1) is 14.8. The molecule has 0 spiro atoms. The second-order valence-corrected chi connectivity index (χ2v) is 6.51. The van der Waals surface area contributed by atoms with E-state index in [4.69, 9.17) is 0 Å². The van der Waals surface area contributed by atoms with Crippen molar-refractivity contribution in [1.82, 2.24) is 10.3 Å². The number of rotatable bonds is 6. The molecule has 4 heteroatoms. The Labute approximate surface area is 121 Å². The lowest BCUT2D eigenvalue weighted by atomic mass is 10.0. The van der Waals surface area contributed by atoms with Crippen molar-refractivity contribution in [3.05, 3.63) is 11.1 Å². The monoisotopic (exact) mass is 281 g/mol. The summed E-state index contributed by atoms with van der Waals surface area (Å²) in [6.45, 7) is 9.00. The van der Waals surface area contributed by atoms with Crippen LogP contribution >= 0.6 is 11.3 Å². The summed E-state index contributed by atoms with van der Waals surface area (Å²) in [6, 6.07) is 1.13. The minimum atomic E-state index is 0.427. The molecule has 2 rings (SSSR count). The summed E-state index contributed by atoms with van der Waals surface area (Å²) in [5, 5.41) is 4.77. The molecule has 3 nitrogen and oxygen atoms in total. The molecule has 0 amide bonds. The Morgan fingerprint density at radius 1 is 1.47 bits per heavy atom. The molecule has 19 heavy (non-hydrogen) atoms. The fourth-order valence-corrected chi connectivity index (χ4v) is 3.79. The van der Waals surface area contributed by atoms with E-state index >= 15 is 0 Å². The number of hydrogen-bond acceptors (Lipinski definition) is 4. The largest absolute Gasteiger partial charge is 0.345 e. The highest BCUT2D eigenvalue weighted by molar-refractivity contribution is 7.15. The van der Waals surface area contributed by atoms with Crippen LogP contribution in [0, 0.1) is 0 Å². The van der Waals surface area contributed by atoms with Crippen LogP contribution < -0.4 is 10.2 Å². The summed E-state index contributed by atoms with van der Waals surface area (Å²) in [6.07, 6.45) is 8.50. The topological polar surface area (TPSA) is 28.2 Å². The van der Waals surface area contributed by atoms with Gasteiger partial charge < -0.3 is 10.2 Å². The van der Waals surface area contributed by atoms with Gasteiger partial charge in [0.25, 0.3) is 0 Å². The van der Waals surface area contributed by atoms with Crippen molar-refractivity contribution in [1.29, 1.82) is 0 Å². The average molecular weight is 281 g/mol. The fraction of sp³-hybridized carbons (Fsp3) is 0.800. The molecule has 0 saturated carbocycles. The molecule has 2 unspecified atom stereocenters. The van der Waals surface area contributed by atoms with Crippen LogP contribution in [-0.4, -0.2) is 24.1 Å². The van der Waals surface area contributed by atoms with E-state index in [1.54, 1.807) is 0 Å². The van der Waals surface area contributed by atoms with E-state index in [9.17, 15) is 0 Å². The Kier molecular flexibility index (Phi) is 5.64. The van der Waals surface area contributed by atoms with Crippen LogP contribution in [0.3, 0.4) is 0 Å². The zero-order valence-electron chi connectivity index (χ0n) is 12.5. The maximum Gasteiger partial charge on any atom is 0.185 e. The van der Waals surface area contributed by atoms with Gasteiger partial charge in [0.15, 0.2) is 5.13 Å². The number of aromatic nitrogens is 1. The third-order valence-electron chi connectivity index (χ3n) is 3.98. The van der Waals surface area contributed by atoms with Crippen molar-refractivity contribution in [2.24, 2.45) is 0 Å². The molecule has 1 N–H and O–H groups in total. The van der Waals surface area contributed by atoms with Gasteiger partial charge in [-0.3, -0.25) is 0 Å². The van der Waals surface area contributed by atoms with Gasteiger partial charge in [-0.25, -0.2) is 4.98 Å². The maximum absolute atomic E-state index is 4.67. The van der Waals surface area contributed by atoms with E-state index in [0.717, 1.165) is 6.54 Å². The molecule has 0 aromatic carbocycles. The quantitative estimate of drug-likeness (QED) is 0.855. The molecule has 1 fully saturated rings. The van der Waals surface area contributed by atoms with Gasteiger partial charge >= 0.3 is 0 Å². The van der Waals surface area contributed by atoms with E-state index < -0.39 is 0 Å². The lowest BCUT2D eigenvalue weighted by molar-refractivity contribution is 0.449. The summed E-state index contributed by atoms with van der Waals surface area (Å²) in [5.41, 5.74) is 0. The van der Waals surface area contributed by atoms with E-state index in [1.165, 1.54) is 48.7 Å². The van der Waals surface area contributed by atoms with Gasteiger partial charge in [0.1, 0.15) is 0 Å². The van der Waals surface area contributed by atoms with E-state index in [-0.39, 0.29) is 0 Å². The number of anilines is 1. The molecule has 1 aliphatic rings. The predicted octanol–water partition coefficient (Wildman–Crippen LogP) is 3.97. The number of piperidine rings is 1. The molecule has 1 saturated heterocycles.